The second-order valence-corrected chi connectivity index (χ2v) is 4.78. The predicted molar refractivity (Wildman–Crippen MR) is 72.1 cm³/mol. The summed E-state index contributed by atoms with van der Waals surface area (Å²) in [5.74, 6) is 0.659. The largest absolute Gasteiger partial charge is 0.488 e. The van der Waals surface area contributed by atoms with Gasteiger partial charge in [0.25, 0.3) is 0 Å². The summed E-state index contributed by atoms with van der Waals surface area (Å²) in [7, 11) is 0.676. The maximum Gasteiger partial charge on any atom is 0.488 e. The molecule has 0 aliphatic heterocycles. The molecular formula is C13H22BNO2. The van der Waals surface area contributed by atoms with Crippen molar-refractivity contribution in [1.29, 1.82) is 0 Å². The summed E-state index contributed by atoms with van der Waals surface area (Å²) in [5, 5.41) is 18.6. The van der Waals surface area contributed by atoms with Gasteiger partial charge >= 0.3 is 7.12 Å². The summed E-state index contributed by atoms with van der Waals surface area (Å²) >= 11 is 0. The van der Waals surface area contributed by atoms with Gasteiger partial charge in [-0.25, -0.2) is 0 Å². The molecule has 0 aromatic heterocycles. The van der Waals surface area contributed by atoms with Crippen LogP contribution in [0, 0.1) is 5.92 Å². The molecule has 0 aliphatic carbocycles. The highest BCUT2D eigenvalue weighted by Crippen LogP contribution is 2.06. The van der Waals surface area contributed by atoms with Crippen LogP contribution in [0.5, 0.6) is 0 Å². The van der Waals surface area contributed by atoms with E-state index in [0.717, 1.165) is 25.1 Å². The second kappa shape index (κ2) is 6.79. The van der Waals surface area contributed by atoms with Crippen LogP contribution in [-0.2, 0) is 6.54 Å². The molecule has 0 radical (unpaired) electrons. The molecule has 0 bridgehead atoms. The first-order valence-electron chi connectivity index (χ1n) is 6.17. The smallest absolute Gasteiger partial charge is 0.423 e. The standard InChI is InChI=1S/C13H22BNO2/c1-4-11(2)9-15(3)10-12-7-5-6-8-13(12)14(16)17/h5-8,11,16-17H,4,9-10H2,1-3H3. The zero-order valence-corrected chi connectivity index (χ0v) is 10.9. The van der Waals surface area contributed by atoms with E-state index in [1.54, 1.807) is 6.07 Å². The Labute approximate surface area is 104 Å². The van der Waals surface area contributed by atoms with Gasteiger partial charge in [0, 0.05) is 13.1 Å². The molecule has 0 saturated carbocycles. The Morgan fingerprint density at radius 1 is 1.29 bits per heavy atom. The third-order valence-electron chi connectivity index (χ3n) is 3.09. The van der Waals surface area contributed by atoms with Crippen LogP contribution in [0.1, 0.15) is 25.8 Å². The maximum atomic E-state index is 9.28. The van der Waals surface area contributed by atoms with Crippen molar-refractivity contribution >= 4 is 12.6 Å². The van der Waals surface area contributed by atoms with E-state index in [4.69, 9.17) is 0 Å². The Kier molecular flexibility index (Phi) is 5.68. The molecule has 1 aromatic carbocycles. The highest BCUT2D eigenvalue weighted by Gasteiger charge is 2.16. The molecule has 3 nitrogen and oxygen atoms in total. The van der Waals surface area contributed by atoms with E-state index < -0.39 is 7.12 Å². The lowest BCUT2D eigenvalue weighted by Gasteiger charge is -2.21. The molecule has 4 heteroatoms. The normalized spacial score (nSPS) is 12.8. The van der Waals surface area contributed by atoms with Crippen LogP contribution in [0.25, 0.3) is 0 Å². The minimum absolute atomic E-state index is 0.600. The fraction of sp³-hybridized carbons (Fsp3) is 0.538. The van der Waals surface area contributed by atoms with Crippen molar-refractivity contribution < 1.29 is 10.0 Å². The molecule has 1 rings (SSSR count). The Morgan fingerprint density at radius 3 is 2.53 bits per heavy atom. The molecule has 1 atom stereocenters. The molecule has 0 saturated heterocycles. The van der Waals surface area contributed by atoms with Crippen molar-refractivity contribution in [3.63, 3.8) is 0 Å². The average molecular weight is 235 g/mol. The predicted octanol–water partition coefficient (Wildman–Crippen LogP) is 0.844. The van der Waals surface area contributed by atoms with E-state index in [0.29, 0.717) is 11.4 Å². The van der Waals surface area contributed by atoms with Crippen molar-refractivity contribution in [2.45, 2.75) is 26.8 Å². The van der Waals surface area contributed by atoms with Crippen LogP contribution in [0.4, 0.5) is 0 Å². The van der Waals surface area contributed by atoms with Gasteiger partial charge in [-0.3, -0.25) is 0 Å². The van der Waals surface area contributed by atoms with Gasteiger partial charge in [-0.2, -0.15) is 0 Å². The fourth-order valence-electron chi connectivity index (χ4n) is 1.95. The van der Waals surface area contributed by atoms with Crippen LogP contribution in [0.2, 0.25) is 0 Å². The number of nitrogens with zero attached hydrogens (tertiary/aromatic N) is 1. The van der Waals surface area contributed by atoms with E-state index in [2.05, 4.69) is 25.8 Å². The molecule has 0 aliphatic rings. The first-order valence-corrected chi connectivity index (χ1v) is 6.17. The lowest BCUT2D eigenvalue weighted by atomic mass is 9.77. The van der Waals surface area contributed by atoms with Gasteiger partial charge in [0.1, 0.15) is 0 Å². The molecule has 1 unspecified atom stereocenters. The summed E-state index contributed by atoms with van der Waals surface area (Å²) in [6, 6.07) is 7.46. The van der Waals surface area contributed by atoms with Gasteiger partial charge < -0.3 is 14.9 Å². The zero-order chi connectivity index (χ0) is 12.8. The highest BCUT2D eigenvalue weighted by molar-refractivity contribution is 6.59. The molecule has 1 aromatic rings. The van der Waals surface area contributed by atoms with Crippen molar-refractivity contribution in [3.05, 3.63) is 29.8 Å². The van der Waals surface area contributed by atoms with Crippen molar-refractivity contribution in [1.82, 2.24) is 4.90 Å². The minimum Gasteiger partial charge on any atom is -0.423 e. The summed E-state index contributed by atoms with van der Waals surface area (Å²) in [6.45, 7) is 6.18. The summed E-state index contributed by atoms with van der Waals surface area (Å²) < 4.78 is 0. The van der Waals surface area contributed by atoms with E-state index >= 15 is 0 Å². The average Bonchev–Trinajstić information content (AvgIpc) is 2.29. The summed E-state index contributed by atoms with van der Waals surface area (Å²) in [5.41, 5.74) is 1.58. The zero-order valence-electron chi connectivity index (χ0n) is 10.9. The monoisotopic (exact) mass is 235 g/mol. The van der Waals surface area contributed by atoms with Gasteiger partial charge in [-0.15, -0.1) is 0 Å². The van der Waals surface area contributed by atoms with Crippen molar-refractivity contribution in [2.24, 2.45) is 5.92 Å². The summed E-state index contributed by atoms with van der Waals surface area (Å²) in [6.07, 6.45) is 1.16. The Hall–Kier alpha value is -0.835. The summed E-state index contributed by atoms with van der Waals surface area (Å²) in [4.78, 5) is 2.22. The fourth-order valence-corrected chi connectivity index (χ4v) is 1.95. The Balaban J connectivity index is 2.67. The lowest BCUT2D eigenvalue weighted by Crippen LogP contribution is -2.35. The number of rotatable bonds is 6. The molecule has 94 valence electrons. The van der Waals surface area contributed by atoms with Crippen molar-refractivity contribution in [3.8, 4) is 0 Å². The van der Waals surface area contributed by atoms with Crippen LogP contribution in [0.15, 0.2) is 24.3 Å². The minimum atomic E-state index is -1.39. The lowest BCUT2D eigenvalue weighted by molar-refractivity contribution is 0.275. The molecule has 17 heavy (non-hydrogen) atoms. The molecule has 0 fully saturated rings. The Bertz CT molecular complexity index is 344. The maximum absolute atomic E-state index is 9.28. The quantitative estimate of drug-likeness (QED) is 0.718. The third-order valence-corrected chi connectivity index (χ3v) is 3.09. The van der Waals surface area contributed by atoms with E-state index in [1.807, 2.05) is 18.2 Å². The van der Waals surface area contributed by atoms with E-state index in [9.17, 15) is 10.0 Å². The number of hydrogen-bond acceptors (Lipinski definition) is 3. The number of benzene rings is 1. The topological polar surface area (TPSA) is 43.7 Å². The molecule has 0 spiro atoms. The first kappa shape index (κ1) is 14.2. The van der Waals surface area contributed by atoms with Crippen LogP contribution in [0.3, 0.4) is 0 Å². The van der Waals surface area contributed by atoms with Gasteiger partial charge in [0.15, 0.2) is 0 Å². The van der Waals surface area contributed by atoms with Crippen LogP contribution in [-0.4, -0.2) is 35.7 Å². The van der Waals surface area contributed by atoms with Gasteiger partial charge in [-0.1, -0.05) is 44.5 Å². The second-order valence-electron chi connectivity index (χ2n) is 4.78. The first-order chi connectivity index (χ1) is 8.04. The Morgan fingerprint density at radius 2 is 1.94 bits per heavy atom. The number of hydrogen-bond donors (Lipinski definition) is 2. The van der Waals surface area contributed by atoms with E-state index in [1.165, 1.54) is 0 Å². The van der Waals surface area contributed by atoms with E-state index in [-0.39, 0.29) is 0 Å². The van der Waals surface area contributed by atoms with Crippen molar-refractivity contribution in [2.75, 3.05) is 13.6 Å². The van der Waals surface area contributed by atoms with Crippen LogP contribution < -0.4 is 5.46 Å². The van der Waals surface area contributed by atoms with Gasteiger partial charge in [0.2, 0.25) is 0 Å². The highest BCUT2D eigenvalue weighted by atomic mass is 16.4. The molecule has 2 N–H and O–H groups in total. The molecular weight excluding hydrogens is 213 g/mol. The van der Waals surface area contributed by atoms with Gasteiger partial charge in [-0.05, 0) is 24.0 Å². The molecule has 0 amide bonds. The SMILES string of the molecule is CCC(C)CN(C)Cc1ccccc1B(O)O. The molecule has 0 heterocycles. The third kappa shape index (κ3) is 4.50. The van der Waals surface area contributed by atoms with Gasteiger partial charge in [0.05, 0.1) is 0 Å². The van der Waals surface area contributed by atoms with Crippen LogP contribution >= 0.6 is 0 Å².